The number of carbonyl (C=O) groups excluding carboxylic acids is 1. The molecule has 1 aliphatic heterocycles. The molecule has 4 aromatic rings. The zero-order valence-corrected chi connectivity index (χ0v) is 22.9. The summed E-state index contributed by atoms with van der Waals surface area (Å²) in [4.78, 5) is 17.6. The normalized spacial score (nSPS) is 14.1. The molecule has 8 nitrogen and oxygen atoms in total. The molecule has 0 atom stereocenters. The van der Waals surface area contributed by atoms with Crippen LogP contribution in [0.1, 0.15) is 22.5 Å². The Labute approximate surface area is 227 Å². The molecule has 1 aliphatic rings. The number of para-hydroxylation sites is 1. The number of rotatable bonds is 11. The lowest BCUT2D eigenvalue weighted by atomic mass is 10.1. The van der Waals surface area contributed by atoms with Gasteiger partial charge in [0.05, 0.1) is 13.7 Å². The number of aromatic nitrogens is 2. The van der Waals surface area contributed by atoms with Crippen LogP contribution in [0.2, 0.25) is 0 Å². The molecule has 0 aliphatic carbocycles. The van der Waals surface area contributed by atoms with Gasteiger partial charge in [-0.15, -0.1) is 11.3 Å². The van der Waals surface area contributed by atoms with Gasteiger partial charge in [0.2, 0.25) is 5.88 Å². The number of thiophene rings is 1. The molecule has 0 saturated carbocycles. The molecule has 0 radical (unpaired) electrons. The Bertz CT molecular complexity index is 1360. The smallest absolute Gasteiger partial charge is 0.271 e. The van der Waals surface area contributed by atoms with Crippen molar-refractivity contribution in [2.24, 2.45) is 7.05 Å². The Morgan fingerprint density at radius 1 is 1.08 bits per heavy atom. The molecule has 0 spiro atoms. The molecule has 0 unspecified atom stereocenters. The summed E-state index contributed by atoms with van der Waals surface area (Å²) in [7, 11) is 3.45. The molecule has 5 rings (SSSR count). The van der Waals surface area contributed by atoms with Crippen LogP contribution >= 0.6 is 11.3 Å². The maximum absolute atomic E-state index is 12.6. The van der Waals surface area contributed by atoms with Gasteiger partial charge in [-0.25, -0.2) is 4.68 Å². The number of hydrogen-bond acceptors (Lipinski definition) is 7. The van der Waals surface area contributed by atoms with Crippen molar-refractivity contribution in [2.75, 3.05) is 57.9 Å². The fraction of sp³-hybridized carbons (Fsp3) is 0.379. The Morgan fingerprint density at radius 2 is 1.92 bits per heavy atom. The zero-order valence-electron chi connectivity index (χ0n) is 22.1. The number of hydrogen-bond donors (Lipinski definition) is 1. The first-order valence-electron chi connectivity index (χ1n) is 13.1. The highest BCUT2D eigenvalue weighted by Gasteiger charge is 2.19. The van der Waals surface area contributed by atoms with Crippen molar-refractivity contribution in [3.63, 3.8) is 0 Å². The van der Waals surface area contributed by atoms with Crippen molar-refractivity contribution < 1.29 is 14.3 Å². The Hall–Kier alpha value is -3.56. The Kier molecular flexibility index (Phi) is 8.45. The highest BCUT2D eigenvalue weighted by atomic mass is 32.1. The molecule has 0 bridgehead atoms. The SMILES string of the molecule is COc1ccccc1CCNC(=O)c1cc(OCCCN2CCN(c3cccc4sccc34)CC2)n(C)n1. The van der Waals surface area contributed by atoms with E-state index in [0.29, 0.717) is 31.1 Å². The molecule has 1 N–H and O–H groups in total. The van der Waals surface area contributed by atoms with Gasteiger partial charge in [0.15, 0.2) is 5.69 Å². The molecule has 3 heterocycles. The van der Waals surface area contributed by atoms with Crippen LogP contribution in [0.15, 0.2) is 60.0 Å². The number of carbonyl (C=O) groups is 1. The first-order chi connectivity index (χ1) is 18.6. The van der Waals surface area contributed by atoms with E-state index < -0.39 is 0 Å². The van der Waals surface area contributed by atoms with E-state index in [0.717, 1.165) is 50.5 Å². The lowest BCUT2D eigenvalue weighted by Crippen LogP contribution is -2.46. The van der Waals surface area contributed by atoms with Crippen LogP contribution in [0.3, 0.4) is 0 Å². The van der Waals surface area contributed by atoms with Crippen molar-refractivity contribution in [1.82, 2.24) is 20.0 Å². The van der Waals surface area contributed by atoms with Crippen LogP contribution in [-0.2, 0) is 13.5 Å². The minimum Gasteiger partial charge on any atom is -0.496 e. The van der Waals surface area contributed by atoms with Crippen LogP contribution in [0, 0.1) is 0 Å². The summed E-state index contributed by atoms with van der Waals surface area (Å²) >= 11 is 1.80. The number of fused-ring (bicyclic) bond motifs is 1. The highest BCUT2D eigenvalue weighted by molar-refractivity contribution is 7.17. The molecule has 9 heteroatoms. The van der Waals surface area contributed by atoms with Crippen LogP contribution in [-0.4, -0.2) is 73.6 Å². The van der Waals surface area contributed by atoms with Gasteiger partial charge in [-0.05, 0) is 48.1 Å². The largest absolute Gasteiger partial charge is 0.496 e. The van der Waals surface area contributed by atoms with Gasteiger partial charge in [-0.1, -0.05) is 24.3 Å². The number of benzene rings is 2. The summed E-state index contributed by atoms with van der Waals surface area (Å²) in [5.74, 6) is 1.23. The summed E-state index contributed by atoms with van der Waals surface area (Å²) in [5, 5.41) is 10.8. The van der Waals surface area contributed by atoms with Crippen LogP contribution in [0.5, 0.6) is 11.6 Å². The maximum atomic E-state index is 12.6. The molecule has 200 valence electrons. The second kappa shape index (κ2) is 12.3. The molecule has 1 amide bonds. The Morgan fingerprint density at radius 3 is 2.76 bits per heavy atom. The monoisotopic (exact) mass is 533 g/mol. The minimum atomic E-state index is -0.207. The lowest BCUT2D eigenvalue weighted by Gasteiger charge is -2.36. The van der Waals surface area contributed by atoms with E-state index in [4.69, 9.17) is 9.47 Å². The summed E-state index contributed by atoms with van der Waals surface area (Å²) in [6, 6.07) is 18.4. The average molecular weight is 534 g/mol. The van der Waals surface area contributed by atoms with Gasteiger partial charge < -0.3 is 19.7 Å². The highest BCUT2D eigenvalue weighted by Crippen LogP contribution is 2.31. The molecular weight excluding hydrogens is 498 g/mol. The molecule has 1 fully saturated rings. The summed E-state index contributed by atoms with van der Waals surface area (Å²) in [5.41, 5.74) is 2.77. The number of methoxy groups -OCH3 is 1. The van der Waals surface area contributed by atoms with Gasteiger partial charge in [-0.3, -0.25) is 9.69 Å². The topological polar surface area (TPSA) is 71.9 Å². The van der Waals surface area contributed by atoms with Crippen molar-refractivity contribution in [3.05, 3.63) is 71.2 Å². The number of anilines is 1. The van der Waals surface area contributed by atoms with E-state index >= 15 is 0 Å². The van der Waals surface area contributed by atoms with E-state index in [1.807, 2.05) is 24.3 Å². The molecule has 2 aromatic heterocycles. The van der Waals surface area contributed by atoms with E-state index in [2.05, 4.69) is 49.9 Å². The minimum absolute atomic E-state index is 0.207. The predicted molar refractivity (Wildman–Crippen MR) is 153 cm³/mol. The number of nitrogens with one attached hydrogen (secondary N) is 1. The summed E-state index contributed by atoms with van der Waals surface area (Å²) in [6.07, 6.45) is 1.61. The zero-order chi connectivity index (χ0) is 26.3. The first kappa shape index (κ1) is 26.1. The summed E-state index contributed by atoms with van der Waals surface area (Å²) < 4.78 is 14.3. The molecular formula is C29H35N5O3S. The van der Waals surface area contributed by atoms with Gasteiger partial charge >= 0.3 is 0 Å². The molecule has 2 aromatic carbocycles. The first-order valence-corrected chi connectivity index (χ1v) is 14.0. The molecule has 1 saturated heterocycles. The van der Waals surface area contributed by atoms with Gasteiger partial charge in [0, 0.05) is 68.2 Å². The van der Waals surface area contributed by atoms with Gasteiger partial charge in [-0.2, -0.15) is 5.10 Å². The van der Waals surface area contributed by atoms with E-state index in [-0.39, 0.29) is 5.91 Å². The van der Waals surface area contributed by atoms with Crippen molar-refractivity contribution >= 4 is 33.0 Å². The Balaban J connectivity index is 1.03. The van der Waals surface area contributed by atoms with E-state index in [9.17, 15) is 4.79 Å². The standard InChI is InChI=1S/C29H35N5O3S/c1-32-28(21-24(31-32)29(35)30-13-11-22-7-3-4-9-26(22)36-2)37-19-6-14-33-15-17-34(18-16-33)25-8-5-10-27-23(25)12-20-38-27/h3-5,7-10,12,20-21H,6,11,13-19H2,1-2H3,(H,30,35). The maximum Gasteiger partial charge on any atom is 0.271 e. The van der Waals surface area contributed by atoms with Crippen molar-refractivity contribution in [3.8, 4) is 11.6 Å². The third-order valence-electron chi connectivity index (χ3n) is 7.00. The number of piperazine rings is 1. The quantitative estimate of drug-likeness (QED) is 0.291. The number of nitrogens with zero attached hydrogens (tertiary/aromatic N) is 4. The number of amides is 1. The van der Waals surface area contributed by atoms with Crippen LogP contribution < -0.4 is 19.7 Å². The number of aryl methyl sites for hydroxylation is 1. The van der Waals surface area contributed by atoms with Crippen molar-refractivity contribution in [2.45, 2.75) is 12.8 Å². The second-order valence-corrected chi connectivity index (χ2v) is 10.4. The average Bonchev–Trinajstić information content (AvgIpc) is 3.58. The van der Waals surface area contributed by atoms with Gasteiger partial charge in [0.25, 0.3) is 5.91 Å². The van der Waals surface area contributed by atoms with E-state index in [1.54, 1.807) is 36.2 Å². The van der Waals surface area contributed by atoms with Gasteiger partial charge in [0.1, 0.15) is 5.75 Å². The third-order valence-corrected chi connectivity index (χ3v) is 7.88. The number of ether oxygens (including phenoxy) is 2. The third kappa shape index (κ3) is 6.11. The fourth-order valence-electron chi connectivity index (χ4n) is 4.94. The summed E-state index contributed by atoms with van der Waals surface area (Å²) in [6.45, 7) is 6.24. The van der Waals surface area contributed by atoms with Crippen LogP contribution in [0.4, 0.5) is 5.69 Å². The molecule has 38 heavy (non-hydrogen) atoms. The predicted octanol–water partition coefficient (Wildman–Crippen LogP) is 4.21. The van der Waals surface area contributed by atoms with E-state index in [1.165, 1.54) is 15.8 Å². The van der Waals surface area contributed by atoms with Crippen molar-refractivity contribution in [1.29, 1.82) is 0 Å². The van der Waals surface area contributed by atoms with Crippen LogP contribution in [0.25, 0.3) is 10.1 Å². The fourth-order valence-corrected chi connectivity index (χ4v) is 5.75. The second-order valence-electron chi connectivity index (χ2n) is 9.45. The lowest BCUT2D eigenvalue weighted by molar-refractivity contribution is 0.0948.